The molecule has 1 fully saturated rings. The number of benzene rings is 1. The van der Waals surface area contributed by atoms with Crippen molar-refractivity contribution in [2.75, 3.05) is 13.1 Å². The monoisotopic (exact) mass is 385 g/mol. The van der Waals surface area contributed by atoms with Crippen molar-refractivity contribution in [3.05, 3.63) is 58.3 Å². The molecular formula is C21H27N3O2S. The number of hydrogen-bond donors (Lipinski definition) is 2. The highest BCUT2D eigenvalue weighted by Crippen LogP contribution is 2.22. The number of amides is 2. The van der Waals surface area contributed by atoms with Crippen LogP contribution >= 0.6 is 11.3 Å². The van der Waals surface area contributed by atoms with Gasteiger partial charge in [-0.05, 0) is 29.9 Å². The Bertz CT molecular complexity index is 725. The summed E-state index contributed by atoms with van der Waals surface area (Å²) in [6, 6.07) is 14.3. The molecule has 0 saturated carbocycles. The molecule has 1 atom stereocenters. The maximum Gasteiger partial charge on any atom is 0.222 e. The fourth-order valence-electron chi connectivity index (χ4n) is 3.51. The molecule has 2 heterocycles. The van der Waals surface area contributed by atoms with Crippen LogP contribution in [0, 0.1) is 0 Å². The van der Waals surface area contributed by atoms with Gasteiger partial charge in [0.15, 0.2) is 0 Å². The van der Waals surface area contributed by atoms with E-state index in [1.807, 2.05) is 23.6 Å². The lowest BCUT2D eigenvalue weighted by atomic mass is 10.0. The molecule has 1 saturated heterocycles. The van der Waals surface area contributed by atoms with Gasteiger partial charge in [-0.15, -0.1) is 11.3 Å². The van der Waals surface area contributed by atoms with E-state index in [4.69, 9.17) is 0 Å². The molecule has 2 amide bonds. The van der Waals surface area contributed by atoms with Crippen molar-refractivity contribution < 1.29 is 9.59 Å². The predicted octanol–water partition coefficient (Wildman–Crippen LogP) is 3.10. The molecule has 144 valence electrons. The van der Waals surface area contributed by atoms with Crippen molar-refractivity contribution in [1.82, 2.24) is 15.5 Å². The number of nitrogens with zero attached hydrogens (tertiary/aromatic N) is 1. The zero-order valence-corrected chi connectivity index (χ0v) is 16.5. The van der Waals surface area contributed by atoms with Crippen LogP contribution in [0.2, 0.25) is 0 Å². The van der Waals surface area contributed by atoms with E-state index in [-0.39, 0.29) is 30.3 Å². The highest BCUT2D eigenvalue weighted by atomic mass is 32.1. The van der Waals surface area contributed by atoms with Crippen molar-refractivity contribution in [2.24, 2.45) is 0 Å². The second kappa shape index (κ2) is 9.67. The summed E-state index contributed by atoms with van der Waals surface area (Å²) in [6.07, 6.45) is 2.20. The van der Waals surface area contributed by atoms with Gasteiger partial charge in [0.05, 0.1) is 12.5 Å². The Morgan fingerprint density at radius 3 is 2.52 bits per heavy atom. The molecular weight excluding hydrogens is 358 g/mol. The van der Waals surface area contributed by atoms with Crippen LogP contribution in [0.4, 0.5) is 0 Å². The average Bonchev–Trinajstić information content (AvgIpc) is 3.18. The van der Waals surface area contributed by atoms with Crippen LogP contribution in [0.5, 0.6) is 0 Å². The molecule has 5 nitrogen and oxygen atoms in total. The van der Waals surface area contributed by atoms with Crippen molar-refractivity contribution in [3.8, 4) is 0 Å². The van der Waals surface area contributed by atoms with E-state index in [1.54, 1.807) is 11.3 Å². The van der Waals surface area contributed by atoms with Crippen LogP contribution in [-0.4, -0.2) is 35.8 Å². The summed E-state index contributed by atoms with van der Waals surface area (Å²) in [5.74, 6) is -0.112. The Morgan fingerprint density at radius 1 is 1.15 bits per heavy atom. The number of nitrogens with one attached hydrogen (secondary N) is 2. The van der Waals surface area contributed by atoms with Gasteiger partial charge in [0.2, 0.25) is 11.8 Å². The lowest BCUT2D eigenvalue weighted by Crippen LogP contribution is -2.45. The molecule has 1 aromatic carbocycles. The highest BCUT2D eigenvalue weighted by molar-refractivity contribution is 7.10. The molecule has 1 unspecified atom stereocenters. The van der Waals surface area contributed by atoms with Crippen LogP contribution in [0.1, 0.15) is 42.7 Å². The molecule has 0 aliphatic carbocycles. The Kier molecular flexibility index (Phi) is 7.01. The van der Waals surface area contributed by atoms with Gasteiger partial charge < -0.3 is 10.6 Å². The number of hydrogen-bond acceptors (Lipinski definition) is 4. The largest absolute Gasteiger partial charge is 0.353 e. The maximum atomic E-state index is 12.5. The Hall–Kier alpha value is -2.18. The second-order valence-corrected chi connectivity index (χ2v) is 8.06. The molecule has 6 heteroatoms. The highest BCUT2D eigenvalue weighted by Gasteiger charge is 2.23. The van der Waals surface area contributed by atoms with Gasteiger partial charge in [0.25, 0.3) is 0 Å². The van der Waals surface area contributed by atoms with Crippen molar-refractivity contribution in [2.45, 2.75) is 44.8 Å². The third kappa shape index (κ3) is 6.19. The standard InChI is InChI=1S/C21H27N3O2S/c1-16(25)22-19(20-8-5-13-27-20)14-21(26)23-18-9-11-24(12-10-18)15-17-6-3-2-4-7-17/h2-8,13,18-19H,9-12,14-15H2,1H3,(H,22,25)(H,23,26). The van der Waals surface area contributed by atoms with Gasteiger partial charge in [0, 0.05) is 37.5 Å². The number of carbonyl (C=O) groups excluding carboxylic acids is 2. The molecule has 1 aromatic heterocycles. The first-order chi connectivity index (χ1) is 13.1. The van der Waals surface area contributed by atoms with Crippen LogP contribution in [-0.2, 0) is 16.1 Å². The third-order valence-electron chi connectivity index (χ3n) is 4.86. The van der Waals surface area contributed by atoms with E-state index in [1.165, 1.54) is 12.5 Å². The fraction of sp³-hybridized carbons (Fsp3) is 0.429. The molecule has 0 bridgehead atoms. The molecule has 3 rings (SSSR count). The first kappa shape index (κ1) is 19.6. The molecule has 0 radical (unpaired) electrons. The Labute approximate surface area is 164 Å². The van der Waals surface area contributed by atoms with E-state index in [0.717, 1.165) is 37.4 Å². The van der Waals surface area contributed by atoms with Crippen LogP contribution in [0.15, 0.2) is 47.8 Å². The number of carbonyl (C=O) groups is 2. The molecule has 1 aliphatic heterocycles. The smallest absolute Gasteiger partial charge is 0.222 e. The Morgan fingerprint density at radius 2 is 1.89 bits per heavy atom. The minimum atomic E-state index is -0.249. The number of thiophene rings is 1. The lowest BCUT2D eigenvalue weighted by molar-refractivity contribution is -0.123. The van der Waals surface area contributed by atoms with E-state index < -0.39 is 0 Å². The molecule has 2 N–H and O–H groups in total. The quantitative estimate of drug-likeness (QED) is 0.770. The first-order valence-electron chi connectivity index (χ1n) is 9.46. The Balaban J connectivity index is 1.45. The minimum absolute atomic E-state index is 0.00339. The molecule has 0 spiro atoms. The van der Waals surface area contributed by atoms with Crippen LogP contribution in [0.25, 0.3) is 0 Å². The van der Waals surface area contributed by atoms with Gasteiger partial charge in [0.1, 0.15) is 0 Å². The molecule has 27 heavy (non-hydrogen) atoms. The van der Waals surface area contributed by atoms with Crippen molar-refractivity contribution in [1.29, 1.82) is 0 Å². The zero-order chi connectivity index (χ0) is 19.1. The summed E-state index contributed by atoms with van der Waals surface area (Å²) in [7, 11) is 0. The summed E-state index contributed by atoms with van der Waals surface area (Å²) in [6.45, 7) is 4.42. The van der Waals surface area contributed by atoms with Crippen LogP contribution in [0.3, 0.4) is 0 Å². The number of likely N-dealkylation sites (tertiary alicyclic amines) is 1. The summed E-state index contributed by atoms with van der Waals surface area (Å²) in [4.78, 5) is 27.4. The molecule has 1 aliphatic rings. The second-order valence-electron chi connectivity index (χ2n) is 7.08. The van der Waals surface area contributed by atoms with Gasteiger partial charge in [-0.2, -0.15) is 0 Å². The van der Waals surface area contributed by atoms with Gasteiger partial charge in [-0.3, -0.25) is 14.5 Å². The number of rotatable bonds is 7. The zero-order valence-electron chi connectivity index (χ0n) is 15.7. The first-order valence-corrected chi connectivity index (χ1v) is 10.3. The van der Waals surface area contributed by atoms with E-state index in [0.29, 0.717) is 0 Å². The normalized spacial score (nSPS) is 16.6. The summed E-state index contributed by atoms with van der Waals surface area (Å²) in [5.41, 5.74) is 1.33. The maximum absolute atomic E-state index is 12.5. The summed E-state index contributed by atoms with van der Waals surface area (Å²) >= 11 is 1.56. The SMILES string of the molecule is CC(=O)NC(CC(=O)NC1CCN(Cc2ccccc2)CC1)c1cccs1. The minimum Gasteiger partial charge on any atom is -0.353 e. The van der Waals surface area contributed by atoms with E-state index >= 15 is 0 Å². The van der Waals surface area contributed by atoms with Crippen LogP contribution < -0.4 is 10.6 Å². The fourth-order valence-corrected chi connectivity index (χ4v) is 4.28. The van der Waals surface area contributed by atoms with E-state index in [9.17, 15) is 9.59 Å². The third-order valence-corrected chi connectivity index (χ3v) is 5.84. The van der Waals surface area contributed by atoms with Crippen molar-refractivity contribution in [3.63, 3.8) is 0 Å². The predicted molar refractivity (Wildman–Crippen MR) is 108 cm³/mol. The molecule has 2 aromatic rings. The lowest BCUT2D eigenvalue weighted by Gasteiger charge is -2.32. The topological polar surface area (TPSA) is 61.4 Å². The number of piperidine rings is 1. The van der Waals surface area contributed by atoms with Gasteiger partial charge >= 0.3 is 0 Å². The van der Waals surface area contributed by atoms with E-state index in [2.05, 4.69) is 39.8 Å². The van der Waals surface area contributed by atoms with Crippen molar-refractivity contribution >= 4 is 23.2 Å². The average molecular weight is 386 g/mol. The van der Waals surface area contributed by atoms with Gasteiger partial charge in [-0.25, -0.2) is 0 Å². The summed E-state index contributed by atoms with van der Waals surface area (Å²) < 4.78 is 0. The van der Waals surface area contributed by atoms with Gasteiger partial charge in [-0.1, -0.05) is 36.4 Å². The summed E-state index contributed by atoms with van der Waals surface area (Å²) in [5, 5.41) is 8.01.